The molecular formula is C22H27NO3. The van der Waals surface area contributed by atoms with Gasteiger partial charge in [-0.15, -0.1) is 0 Å². The molecule has 0 aromatic carbocycles. The molecule has 3 aliphatic carbocycles. The van der Waals surface area contributed by atoms with Crippen LogP contribution in [0.1, 0.15) is 75.8 Å². The number of carbonyl (C=O) groups excluding carboxylic acids is 2. The maximum absolute atomic E-state index is 12.2. The third kappa shape index (κ3) is 3.22. The van der Waals surface area contributed by atoms with Crippen molar-refractivity contribution in [1.29, 1.82) is 0 Å². The first-order valence-electron chi connectivity index (χ1n) is 9.98. The molecule has 0 atom stereocenters. The maximum Gasteiger partial charge on any atom is 0.213 e. The Morgan fingerprint density at radius 1 is 1.12 bits per heavy atom. The Hall–Kier alpha value is -1.97. The molecule has 0 N–H and O–H groups in total. The Morgan fingerprint density at radius 2 is 1.85 bits per heavy atom. The van der Waals surface area contributed by atoms with Gasteiger partial charge >= 0.3 is 0 Å². The fraction of sp³-hybridized carbons (Fsp3) is 0.591. The van der Waals surface area contributed by atoms with Crippen molar-refractivity contribution in [1.82, 2.24) is 4.98 Å². The van der Waals surface area contributed by atoms with Crippen molar-refractivity contribution < 1.29 is 14.3 Å². The summed E-state index contributed by atoms with van der Waals surface area (Å²) in [5.74, 6) is 0.924. The van der Waals surface area contributed by atoms with E-state index in [2.05, 4.69) is 17.1 Å². The molecule has 0 bridgehead atoms. The number of hydrogen-bond acceptors (Lipinski definition) is 4. The number of nitrogens with zero attached hydrogens (tertiary/aromatic N) is 1. The molecule has 0 saturated heterocycles. The van der Waals surface area contributed by atoms with Gasteiger partial charge in [-0.1, -0.05) is 6.08 Å². The second kappa shape index (κ2) is 6.98. The number of aromatic nitrogens is 1. The van der Waals surface area contributed by atoms with Crippen LogP contribution in [0.4, 0.5) is 0 Å². The highest BCUT2D eigenvalue weighted by molar-refractivity contribution is 6.12. The Kier molecular flexibility index (Phi) is 4.68. The van der Waals surface area contributed by atoms with Gasteiger partial charge < -0.3 is 4.74 Å². The number of fused-ring (bicyclic) bond motifs is 1. The van der Waals surface area contributed by atoms with Crippen molar-refractivity contribution in [2.24, 2.45) is 5.41 Å². The van der Waals surface area contributed by atoms with Gasteiger partial charge in [0.05, 0.1) is 5.41 Å². The monoisotopic (exact) mass is 353 g/mol. The maximum atomic E-state index is 12.2. The van der Waals surface area contributed by atoms with E-state index in [1.807, 2.05) is 13.1 Å². The smallest absolute Gasteiger partial charge is 0.213 e. The molecule has 1 aromatic rings. The van der Waals surface area contributed by atoms with Crippen LogP contribution in [0.5, 0.6) is 5.88 Å². The molecule has 138 valence electrons. The first kappa shape index (κ1) is 17.4. The predicted molar refractivity (Wildman–Crippen MR) is 100 cm³/mol. The predicted octanol–water partition coefficient (Wildman–Crippen LogP) is 4.45. The number of ether oxygens (including phenoxy) is 1. The van der Waals surface area contributed by atoms with E-state index in [0.717, 1.165) is 43.5 Å². The van der Waals surface area contributed by atoms with E-state index in [0.29, 0.717) is 25.4 Å². The third-order valence-electron chi connectivity index (χ3n) is 6.36. The van der Waals surface area contributed by atoms with Crippen molar-refractivity contribution in [3.63, 3.8) is 0 Å². The minimum absolute atomic E-state index is 0.0915. The van der Waals surface area contributed by atoms with E-state index in [9.17, 15) is 9.59 Å². The lowest BCUT2D eigenvalue weighted by molar-refractivity contribution is -0.133. The summed E-state index contributed by atoms with van der Waals surface area (Å²) in [7, 11) is 0. The molecule has 1 heterocycles. The number of aryl methyl sites for hydroxylation is 1. The molecule has 0 radical (unpaired) electrons. The Balaban J connectivity index is 1.53. The van der Waals surface area contributed by atoms with Gasteiger partial charge in [-0.25, -0.2) is 4.98 Å². The molecule has 0 aliphatic heterocycles. The zero-order valence-corrected chi connectivity index (χ0v) is 15.6. The van der Waals surface area contributed by atoms with Crippen LogP contribution in [-0.4, -0.2) is 22.7 Å². The van der Waals surface area contributed by atoms with Crippen LogP contribution in [0.15, 0.2) is 18.3 Å². The highest BCUT2D eigenvalue weighted by Crippen LogP contribution is 2.38. The molecule has 2 saturated carbocycles. The lowest BCUT2D eigenvalue weighted by atomic mass is 9.80. The highest BCUT2D eigenvalue weighted by Gasteiger charge is 2.44. The van der Waals surface area contributed by atoms with Gasteiger partial charge in [0.15, 0.2) is 0 Å². The van der Waals surface area contributed by atoms with E-state index in [-0.39, 0.29) is 11.6 Å². The van der Waals surface area contributed by atoms with Crippen LogP contribution in [0.3, 0.4) is 0 Å². The second-order valence-corrected chi connectivity index (χ2v) is 8.17. The van der Waals surface area contributed by atoms with Crippen LogP contribution in [-0.2, 0) is 16.0 Å². The standard InChI is InChI=1S/C22H27NO3/c1-22(19(24)9-10-20(22)25)12-11-15-5-4-6-16-13-21(23-14-18(15)16)26-17-7-2-3-8-17/h11,13-14,17H,2-10,12H2,1H3. The summed E-state index contributed by atoms with van der Waals surface area (Å²) in [5.41, 5.74) is 2.85. The van der Waals surface area contributed by atoms with E-state index >= 15 is 0 Å². The number of Topliss-reactive ketones (excluding diaryl/α,β-unsaturated/α-hetero) is 2. The highest BCUT2D eigenvalue weighted by atomic mass is 16.5. The Bertz CT molecular complexity index is 743. The number of hydrogen-bond donors (Lipinski definition) is 0. The molecule has 0 amide bonds. The molecule has 3 aliphatic rings. The average molecular weight is 353 g/mol. The third-order valence-corrected chi connectivity index (χ3v) is 6.36. The summed E-state index contributed by atoms with van der Waals surface area (Å²) in [6.07, 6.45) is 13.5. The van der Waals surface area contributed by atoms with Crippen LogP contribution >= 0.6 is 0 Å². The second-order valence-electron chi connectivity index (χ2n) is 8.17. The number of rotatable bonds is 4. The van der Waals surface area contributed by atoms with Crippen LogP contribution in [0.2, 0.25) is 0 Å². The lowest BCUT2D eigenvalue weighted by Gasteiger charge is -2.23. The summed E-state index contributed by atoms with van der Waals surface area (Å²) in [4.78, 5) is 28.8. The topological polar surface area (TPSA) is 56.3 Å². The van der Waals surface area contributed by atoms with Gasteiger partial charge in [-0.2, -0.15) is 0 Å². The van der Waals surface area contributed by atoms with Gasteiger partial charge in [0, 0.05) is 25.1 Å². The fourth-order valence-corrected chi connectivity index (χ4v) is 4.52. The molecule has 1 aromatic heterocycles. The normalized spacial score (nSPS) is 24.3. The molecule has 4 nitrogen and oxygen atoms in total. The van der Waals surface area contributed by atoms with E-state index in [1.165, 1.54) is 24.0 Å². The first-order valence-corrected chi connectivity index (χ1v) is 9.98. The van der Waals surface area contributed by atoms with E-state index in [1.54, 1.807) is 0 Å². The van der Waals surface area contributed by atoms with Crippen molar-refractivity contribution in [3.8, 4) is 5.88 Å². The van der Waals surface area contributed by atoms with Crippen molar-refractivity contribution in [3.05, 3.63) is 29.5 Å². The van der Waals surface area contributed by atoms with Crippen molar-refractivity contribution >= 4 is 17.1 Å². The molecule has 0 spiro atoms. The van der Waals surface area contributed by atoms with E-state index < -0.39 is 5.41 Å². The summed E-state index contributed by atoms with van der Waals surface area (Å²) >= 11 is 0. The molecule has 4 heteroatoms. The van der Waals surface area contributed by atoms with Crippen LogP contribution in [0.25, 0.3) is 5.57 Å². The first-order chi connectivity index (χ1) is 12.6. The Morgan fingerprint density at radius 3 is 2.58 bits per heavy atom. The van der Waals surface area contributed by atoms with Crippen molar-refractivity contribution in [2.45, 2.75) is 77.2 Å². The minimum atomic E-state index is -0.816. The summed E-state index contributed by atoms with van der Waals surface area (Å²) in [5, 5.41) is 0. The summed E-state index contributed by atoms with van der Waals surface area (Å²) < 4.78 is 6.04. The fourth-order valence-electron chi connectivity index (χ4n) is 4.52. The number of pyridine rings is 1. The SMILES string of the molecule is CC1(CC=C2CCCc3cc(OC4CCCC4)ncc32)C(=O)CCC1=O. The van der Waals surface area contributed by atoms with E-state index in [4.69, 9.17) is 4.74 Å². The number of allylic oxidation sites excluding steroid dienone is 2. The minimum Gasteiger partial charge on any atom is -0.474 e. The van der Waals surface area contributed by atoms with Crippen LogP contribution in [0, 0.1) is 5.41 Å². The summed E-state index contributed by atoms with van der Waals surface area (Å²) in [6, 6.07) is 2.09. The average Bonchev–Trinajstić information content (AvgIpc) is 3.24. The zero-order valence-electron chi connectivity index (χ0n) is 15.6. The van der Waals surface area contributed by atoms with Gasteiger partial charge in [-0.3, -0.25) is 9.59 Å². The van der Waals surface area contributed by atoms with Gasteiger partial charge in [0.25, 0.3) is 0 Å². The zero-order chi connectivity index (χ0) is 18.1. The van der Waals surface area contributed by atoms with Crippen molar-refractivity contribution in [2.75, 3.05) is 0 Å². The van der Waals surface area contributed by atoms with Gasteiger partial charge in [0.2, 0.25) is 5.88 Å². The molecule has 26 heavy (non-hydrogen) atoms. The molecule has 2 fully saturated rings. The quantitative estimate of drug-likeness (QED) is 0.750. The Labute approximate surface area is 155 Å². The lowest BCUT2D eigenvalue weighted by Crippen LogP contribution is -2.28. The molecule has 0 unspecified atom stereocenters. The van der Waals surface area contributed by atoms with Gasteiger partial charge in [-0.05, 0) is 75.0 Å². The summed E-state index contributed by atoms with van der Waals surface area (Å²) in [6.45, 7) is 1.81. The largest absolute Gasteiger partial charge is 0.474 e. The van der Waals surface area contributed by atoms with Crippen LogP contribution < -0.4 is 4.74 Å². The number of carbonyl (C=O) groups is 2. The molecule has 4 rings (SSSR count). The number of ketones is 2. The molecular weight excluding hydrogens is 326 g/mol. The van der Waals surface area contributed by atoms with Gasteiger partial charge in [0.1, 0.15) is 17.7 Å².